The number of thioether (sulfide) groups is 1. The number of unbranched alkanes of at least 4 members (excludes halogenated alkanes) is 1. The van der Waals surface area contributed by atoms with E-state index in [1.165, 1.54) is 11.1 Å². The Hall–Kier alpha value is -1.23. The Bertz CT molecular complexity index is 817. The van der Waals surface area contributed by atoms with Crippen LogP contribution in [0, 0.1) is 6.92 Å². The second-order valence-electron chi connectivity index (χ2n) is 5.39. The number of pyridine rings is 1. The summed E-state index contributed by atoms with van der Waals surface area (Å²) in [5.41, 5.74) is 3.32. The van der Waals surface area contributed by atoms with Crippen LogP contribution in [0.15, 0.2) is 41.8 Å². The summed E-state index contributed by atoms with van der Waals surface area (Å²) in [4.78, 5) is 9.68. The molecule has 3 nitrogen and oxygen atoms in total. The number of aromatic nitrogens is 3. The first kappa shape index (κ1) is 16.6. The third-order valence-electron chi connectivity index (χ3n) is 3.65. The molecule has 0 unspecified atom stereocenters. The average molecular weight is 366 g/mol. The molecule has 0 amide bonds. The van der Waals surface area contributed by atoms with E-state index in [1.54, 1.807) is 17.8 Å². The van der Waals surface area contributed by atoms with Crippen molar-refractivity contribution < 1.29 is 0 Å². The lowest BCUT2D eigenvalue weighted by Gasteiger charge is -2.07. The number of fused-ring (bicyclic) bond motifs is 1. The Morgan fingerprint density at radius 1 is 1.17 bits per heavy atom. The fraction of sp³-hybridized carbons (Fsp3) is 0.294. The van der Waals surface area contributed by atoms with Gasteiger partial charge in [0.25, 0.3) is 0 Å². The molecular weight excluding hydrogens is 349 g/mol. The van der Waals surface area contributed by atoms with Gasteiger partial charge in [-0.3, -0.25) is 4.98 Å². The molecule has 0 aliphatic heterocycles. The average Bonchev–Trinajstić information content (AvgIpc) is 2.93. The molecule has 1 aromatic carbocycles. The van der Waals surface area contributed by atoms with E-state index >= 15 is 0 Å². The van der Waals surface area contributed by atoms with Crippen molar-refractivity contribution in [2.75, 3.05) is 5.75 Å². The molecule has 0 atom stereocenters. The Morgan fingerprint density at radius 3 is 2.87 bits per heavy atom. The summed E-state index contributed by atoms with van der Waals surface area (Å²) in [6, 6.07) is 5.65. The number of nitrogens with zero attached hydrogens (tertiary/aromatic N) is 3. The number of benzene rings is 1. The lowest BCUT2D eigenvalue weighted by atomic mass is 10.2. The van der Waals surface area contributed by atoms with E-state index in [0.29, 0.717) is 5.02 Å². The van der Waals surface area contributed by atoms with Gasteiger partial charge in [-0.2, -0.15) is 0 Å². The number of rotatable bonds is 6. The molecule has 2 aromatic heterocycles. The van der Waals surface area contributed by atoms with Gasteiger partial charge in [-0.25, -0.2) is 4.98 Å². The second kappa shape index (κ2) is 7.56. The van der Waals surface area contributed by atoms with Crippen molar-refractivity contribution in [3.63, 3.8) is 0 Å². The summed E-state index contributed by atoms with van der Waals surface area (Å²) in [5, 5.41) is 1.41. The lowest BCUT2D eigenvalue weighted by molar-refractivity contribution is 0.648. The third-order valence-corrected chi connectivity index (χ3v) is 5.47. The van der Waals surface area contributed by atoms with Crippen LogP contribution in [0.2, 0.25) is 10.0 Å². The Kier molecular flexibility index (Phi) is 5.46. The van der Waals surface area contributed by atoms with Crippen LogP contribution in [0.4, 0.5) is 0 Å². The number of imidazole rings is 1. The zero-order valence-corrected chi connectivity index (χ0v) is 15.1. The van der Waals surface area contributed by atoms with Gasteiger partial charge in [0.2, 0.25) is 0 Å². The summed E-state index contributed by atoms with van der Waals surface area (Å²) in [6.45, 7) is 3.04. The van der Waals surface area contributed by atoms with E-state index in [9.17, 15) is 0 Å². The van der Waals surface area contributed by atoms with E-state index in [1.807, 2.05) is 30.9 Å². The minimum atomic E-state index is 0.677. The number of hydrogen-bond acceptors (Lipinski definition) is 3. The van der Waals surface area contributed by atoms with Crippen molar-refractivity contribution in [3.05, 3.63) is 52.5 Å². The Labute approximate surface area is 150 Å². The maximum absolute atomic E-state index is 6.18. The summed E-state index contributed by atoms with van der Waals surface area (Å²) in [6.07, 6.45) is 7.83. The molecule has 0 fully saturated rings. The van der Waals surface area contributed by atoms with Crippen LogP contribution in [0.5, 0.6) is 0 Å². The van der Waals surface area contributed by atoms with E-state index in [-0.39, 0.29) is 0 Å². The van der Waals surface area contributed by atoms with Crippen LogP contribution < -0.4 is 0 Å². The molecule has 0 saturated heterocycles. The summed E-state index contributed by atoms with van der Waals surface area (Å²) < 4.78 is 2.21. The molecule has 6 heteroatoms. The summed E-state index contributed by atoms with van der Waals surface area (Å²) >= 11 is 13.9. The van der Waals surface area contributed by atoms with Gasteiger partial charge in [0.15, 0.2) is 0 Å². The van der Waals surface area contributed by atoms with Crippen LogP contribution in [0.1, 0.15) is 18.4 Å². The van der Waals surface area contributed by atoms with Crippen molar-refractivity contribution in [2.24, 2.45) is 0 Å². The zero-order valence-electron chi connectivity index (χ0n) is 12.8. The molecule has 0 aliphatic carbocycles. The minimum Gasteiger partial charge on any atom is -0.330 e. The van der Waals surface area contributed by atoms with Gasteiger partial charge in [-0.15, -0.1) is 11.8 Å². The van der Waals surface area contributed by atoms with Crippen molar-refractivity contribution in [3.8, 4) is 0 Å². The molecule has 0 radical (unpaired) electrons. The van der Waals surface area contributed by atoms with Crippen molar-refractivity contribution >= 4 is 46.0 Å². The highest BCUT2D eigenvalue weighted by molar-refractivity contribution is 7.99. The molecule has 0 bridgehead atoms. The first-order chi connectivity index (χ1) is 11.1. The number of aryl methyl sites for hydroxylation is 2. The lowest BCUT2D eigenvalue weighted by Crippen LogP contribution is -1.98. The third kappa shape index (κ3) is 4.00. The van der Waals surface area contributed by atoms with Gasteiger partial charge in [-0.1, -0.05) is 23.2 Å². The Morgan fingerprint density at radius 2 is 2.04 bits per heavy atom. The Balaban J connectivity index is 1.51. The second-order valence-corrected chi connectivity index (χ2v) is 7.37. The standard InChI is InChI=1S/C17H17Cl2N3S/c1-12-9-20-10-15-17(12)22(11-21-15)6-2-3-7-23-16-5-4-13(18)8-14(16)19/h4-5,8-11H,2-3,6-7H2,1H3. The maximum atomic E-state index is 6.18. The van der Waals surface area contributed by atoms with Gasteiger partial charge in [0.05, 0.1) is 23.1 Å². The summed E-state index contributed by atoms with van der Waals surface area (Å²) in [5.74, 6) is 1.04. The van der Waals surface area contributed by atoms with Crippen LogP contribution in [0.3, 0.4) is 0 Å². The van der Waals surface area contributed by atoms with Crippen LogP contribution in [-0.2, 0) is 6.54 Å². The van der Waals surface area contributed by atoms with Gasteiger partial charge in [0.1, 0.15) is 5.52 Å². The molecule has 3 rings (SSSR count). The highest BCUT2D eigenvalue weighted by atomic mass is 35.5. The number of hydrogen-bond donors (Lipinski definition) is 0. The molecule has 3 aromatic rings. The quantitative estimate of drug-likeness (QED) is 0.419. The first-order valence-corrected chi connectivity index (χ1v) is 9.22. The molecule has 2 heterocycles. The van der Waals surface area contributed by atoms with Crippen molar-refractivity contribution in [1.82, 2.24) is 14.5 Å². The number of halogens is 2. The van der Waals surface area contributed by atoms with Crippen LogP contribution in [0.25, 0.3) is 11.0 Å². The minimum absolute atomic E-state index is 0.677. The van der Waals surface area contributed by atoms with E-state index in [2.05, 4.69) is 21.5 Å². The molecule has 0 aliphatic rings. The van der Waals surface area contributed by atoms with E-state index in [4.69, 9.17) is 23.2 Å². The molecule has 0 spiro atoms. The van der Waals surface area contributed by atoms with Gasteiger partial charge >= 0.3 is 0 Å². The normalized spacial score (nSPS) is 11.3. The van der Waals surface area contributed by atoms with Crippen molar-refractivity contribution in [2.45, 2.75) is 31.2 Å². The SMILES string of the molecule is Cc1cncc2ncn(CCCCSc3ccc(Cl)cc3Cl)c12. The fourth-order valence-corrected chi connectivity index (χ4v) is 4.03. The monoisotopic (exact) mass is 365 g/mol. The molecule has 0 saturated carbocycles. The van der Waals surface area contributed by atoms with E-state index < -0.39 is 0 Å². The van der Waals surface area contributed by atoms with Gasteiger partial charge < -0.3 is 4.57 Å². The maximum Gasteiger partial charge on any atom is 0.107 e. The molecule has 120 valence electrons. The first-order valence-electron chi connectivity index (χ1n) is 7.48. The fourth-order valence-electron chi connectivity index (χ4n) is 2.53. The zero-order chi connectivity index (χ0) is 16.2. The van der Waals surface area contributed by atoms with Gasteiger partial charge in [-0.05, 0) is 49.3 Å². The predicted molar refractivity (Wildman–Crippen MR) is 98.7 cm³/mol. The smallest absolute Gasteiger partial charge is 0.107 e. The van der Waals surface area contributed by atoms with Crippen molar-refractivity contribution in [1.29, 1.82) is 0 Å². The van der Waals surface area contributed by atoms with Gasteiger partial charge in [0, 0.05) is 22.7 Å². The molecule has 0 N–H and O–H groups in total. The highest BCUT2D eigenvalue weighted by Gasteiger charge is 2.06. The van der Waals surface area contributed by atoms with Crippen LogP contribution >= 0.6 is 35.0 Å². The highest BCUT2D eigenvalue weighted by Crippen LogP contribution is 2.30. The summed E-state index contributed by atoms with van der Waals surface area (Å²) in [7, 11) is 0. The molecular formula is C17H17Cl2N3S. The molecule has 23 heavy (non-hydrogen) atoms. The topological polar surface area (TPSA) is 30.7 Å². The van der Waals surface area contributed by atoms with E-state index in [0.717, 1.165) is 40.6 Å². The largest absolute Gasteiger partial charge is 0.330 e. The van der Waals surface area contributed by atoms with Crippen LogP contribution in [-0.4, -0.2) is 20.3 Å². The predicted octanol–water partition coefficient (Wildman–Crippen LogP) is 5.62.